The van der Waals surface area contributed by atoms with Crippen molar-refractivity contribution in [2.24, 2.45) is 0 Å². The fourth-order valence-electron chi connectivity index (χ4n) is 2.81. The Morgan fingerprint density at radius 2 is 1.76 bits per heavy atom. The number of hydrogen-bond acceptors (Lipinski definition) is 3. The molecule has 1 N–H and O–H groups in total. The second-order valence-electron chi connectivity index (χ2n) is 6.27. The first kappa shape index (κ1) is 18.2. The van der Waals surface area contributed by atoms with Crippen LogP contribution in [0.3, 0.4) is 0 Å². The van der Waals surface area contributed by atoms with Crippen LogP contribution >= 0.6 is 22.9 Å². The Bertz CT molecular complexity index is 786. The molecule has 0 fully saturated rings. The van der Waals surface area contributed by atoms with E-state index in [2.05, 4.69) is 29.3 Å². The van der Waals surface area contributed by atoms with Crippen molar-refractivity contribution in [1.82, 2.24) is 4.90 Å². The van der Waals surface area contributed by atoms with E-state index >= 15 is 0 Å². The molecule has 0 bridgehead atoms. The fourth-order valence-corrected chi connectivity index (χ4v) is 3.76. The Kier molecular flexibility index (Phi) is 6.27. The van der Waals surface area contributed by atoms with Crippen LogP contribution < -0.4 is 0 Å². The molecule has 2 aromatic carbocycles. The van der Waals surface area contributed by atoms with E-state index in [1.807, 2.05) is 48.5 Å². The number of aryl methyl sites for hydroxylation is 1. The summed E-state index contributed by atoms with van der Waals surface area (Å²) >= 11 is 8.07. The van der Waals surface area contributed by atoms with E-state index in [-0.39, 0.29) is 0 Å². The quantitative estimate of drug-likeness (QED) is 0.597. The van der Waals surface area contributed by atoms with Gasteiger partial charge in [0.15, 0.2) is 0 Å². The highest BCUT2D eigenvalue weighted by Crippen LogP contribution is 2.23. The number of aliphatic hydroxyl groups is 1. The highest BCUT2D eigenvalue weighted by atomic mass is 35.5. The van der Waals surface area contributed by atoms with Crippen molar-refractivity contribution < 1.29 is 5.11 Å². The van der Waals surface area contributed by atoms with Crippen molar-refractivity contribution in [2.45, 2.75) is 26.1 Å². The van der Waals surface area contributed by atoms with Crippen molar-refractivity contribution in [3.8, 4) is 0 Å². The molecule has 3 aromatic rings. The Balaban J connectivity index is 1.75. The first-order valence-electron chi connectivity index (χ1n) is 8.34. The minimum absolute atomic E-state index is 0.525. The third-order valence-corrected chi connectivity index (χ3v) is 5.43. The summed E-state index contributed by atoms with van der Waals surface area (Å²) < 4.78 is 0. The number of halogens is 1. The monoisotopic (exact) mass is 371 g/mol. The first-order chi connectivity index (χ1) is 12.1. The molecule has 1 aromatic heterocycles. The van der Waals surface area contributed by atoms with E-state index in [0.29, 0.717) is 13.1 Å². The molecule has 0 aliphatic heterocycles. The van der Waals surface area contributed by atoms with Gasteiger partial charge in [0.25, 0.3) is 0 Å². The Hall–Kier alpha value is -1.65. The largest absolute Gasteiger partial charge is 0.387 e. The minimum atomic E-state index is -0.525. The van der Waals surface area contributed by atoms with Crippen LogP contribution in [-0.4, -0.2) is 16.6 Å². The van der Waals surface area contributed by atoms with Crippen LogP contribution in [0, 0.1) is 6.92 Å². The van der Waals surface area contributed by atoms with Crippen molar-refractivity contribution in [3.63, 3.8) is 0 Å². The van der Waals surface area contributed by atoms with Gasteiger partial charge in [-0.2, -0.15) is 0 Å². The minimum Gasteiger partial charge on any atom is -0.387 e. The lowest BCUT2D eigenvalue weighted by Gasteiger charge is -2.25. The molecular weight excluding hydrogens is 350 g/mol. The number of benzene rings is 2. The third-order valence-electron chi connectivity index (χ3n) is 4.20. The summed E-state index contributed by atoms with van der Waals surface area (Å²) in [7, 11) is 0. The zero-order valence-corrected chi connectivity index (χ0v) is 15.8. The SMILES string of the molecule is Cc1ccc(C(O)CN(Cc2cccs2)Cc2ccccc2Cl)cc1. The molecule has 0 aliphatic carbocycles. The van der Waals surface area contributed by atoms with Crippen LogP contribution in [0.2, 0.25) is 5.02 Å². The van der Waals surface area contributed by atoms with Gasteiger partial charge in [0, 0.05) is 29.5 Å². The Morgan fingerprint density at radius 3 is 2.44 bits per heavy atom. The zero-order chi connectivity index (χ0) is 17.6. The normalized spacial score (nSPS) is 12.5. The van der Waals surface area contributed by atoms with E-state index in [4.69, 9.17) is 11.6 Å². The Morgan fingerprint density at radius 1 is 1.00 bits per heavy atom. The van der Waals surface area contributed by atoms with Crippen LogP contribution in [-0.2, 0) is 13.1 Å². The maximum atomic E-state index is 10.7. The van der Waals surface area contributed by atoms with Gasteiger partial charge in [-0.3, -0.25) is 4.90 Å². The lowest BCUT2D eigenvalue weighted by molar-refractivity contribution is 0.105. The molecule has 0 saturated carbocycles. The maximum absolute atomic E-state index is 10.7. The smallest absolute Gasteiger partial charge is 0.0917 e. The van der Waals surface area contributed by atoms with Gasteiger partial charge in [0.2, 0.25) is 0 Å². The topological polar surface area (TPSA) is 23.5 Å². The van der Waals surface area contributed by atoms with Gasteiger partial charge in [-0.15, -0.1) is 11.3 Å². The average Bonchev–Trinajstić information content (AvgIpc) is 3.10. The lowest BCUT2D eigenvalue weighted by Crippen LogP contribution is -2.28. The number of nitrogens with zero attached hydrogens (tertiary/aromatic N) is 1. The molecule has 1 heterocycles. The van der Waals surface area contributed by atoms with Crippen molar-refractivity contribution in [1.29, 1.82) is 0 Å². The standard InChI is InChI=1S/C21H22ClNOS/c1-16-8-10-17(11-9-16)21(24)15-23(14-19-6-4-12-25-19)13-18-5-2-3-7-20(18)22/h2-12,21,24H,13-15H2,1H3. The molecule has 0 saturated heterocycles. The van der Waals surface area contributed by atoms with Gasteiger partial charge in [0.05, 0.1) is 6.10 Å². The molecule has 0 radical (unpaired) electrons. The van der Waals surface area contributed by atoms with Gasteiger partial charge in [-0.25, -0.2) is 0 Å². The molecule has 1 atom stereocenters. The molecule has 0 spiro atoms. The third kappa shape index (κ3) is 5.16. The van der Waals surface area contributed by atoms with Gasteiger partial charge in [0.1, 0.15) is 0 Å². The van der Waals surface area contributed by atoms with Crippen LogP contribution in [0.25, 0.3) is 0 Å². The molecule has 4 heteroatoms. The molecule has 1 unspecified atom stereocenters. The predicted molar refractivity (Wildman–Crippen MR) is 106 cm³/mol. The zero-order valence-electron chi connectivity index (χ0n) is 14.2. The van der Waals surface area contributed by atoms with E-state index in [1.165, 1.54) is 10.4 Å². The van der Waals surface area contributed by atoms with Crippen molar-refractivity contribution >= 4 is 22.9 Å². The molecule has 130 valence electrons. The summed E-state index contributed by atoms with van der Waals surface area (Å²) in [4.78, 5) is 3.53. The average molecular weight is 372 g/mol. The van der Waals surface area contributed by atoms with E-state index < -0.39 is 6.10 Å². The summed E-state index contributed by atoms with van der Waals surface area (Å²) in [5.41, 5.74) is 3.22. The molecule has 3 rings (SSSR count). The summed E-state index contributed by atoms with van der Waals surface area (Å²) in [5, 5.41) is 13.5. The second-order valence-corrected chi connectivity index (χ2v) is 7.71. The highest BCUT2D eigenvalue weighted by Gasteiger charge is 2.16. The van der Waals surface area contributed by atoms with Gasteiger partial charge in [-0.1, -0.05) is 65.7 Å². The molecule has 0 amide bonds. The van der Waals surface area contributed by atoms with Gasteiger partial charge < -0.3 is 5.11 Å². The molecule has 0 aliphatic rings. The predicted octanol–water partition coefficient (Wildman–Crippen LogP) is 5.45. The highest BCUT2D eigenvalue weighted by molar-refractivity contribution is 7.09. The number of hydrogen-bond donors (Lipinski definition) is 1. The van der Waals surface area contributed by atoms with Gasteiger partial charge in [-0.05, 0) is 35.6 Å². The first-order valence-corrected chi connectivity index (χ1v) is 9.60. The second kappa shape index (κ2) is 8.63. The molecule has 2 nitrogen and oxygen atoms in total. The maximum Gasteiger partial charge on any atom is 0.0917 e. The van der Waals surface area contributed by atoms with E-state index in [0.717, 1.165) is 22.7 Å². The molecular formula is C21H22ClNOS. The van der Waals surface area contributed by atoms with E-state index in [1.54, 1.807) is 11.3 Å². The molecule has 25 heavy (non-hydrogen) atoms. The number of thiophene rings is 1. The number of aliphatic hydroxyl groups excluding tert-OH is 1. The van der Waals surface area contributed by atoms with Crippen molar-refractivity contribution in [3.05, 3.63) is 92.6 Å². The van der Waals surface area contributed by atoms with Crippen LogP contribution in [0.15, 0.2) is 66.0 Å². The summed E-state index contributed by atoms with van der Waals surface area (Å²) in [6.07, 6.45) is -0.525. The number of rotatable bonds is 7. The Labute approximate surface area is 158 Å². The van der Waals surface area contributed by atoms with Crippen LogP contribution in [0.4, 0.5) is 0 Å². The summed E-state index contributed by atoms with van der Waals surface area (Å²) in [6.45, 7) is 4.12. The summed E-state index contributed by atoms with van der Waals surface area (Å²) in [5.74, 6) is 0. The van der Waals surface area contributed by atoms with Gasteiger partial charge >= 0.3 is 0 Å². The van der Waals surface area contributed by atoms with E-state index in [9.17, 15) is 5.11 Å². The summed E-state index contributed by atoms with van der Waals surface area (Å²) in [6, 6.07) is 20.2. The van der Waals surface area contributed by atoms with Crippen molar-refractivity contribution in [2.75, 3.05) is 6.54 Å². The van der Waals surface area contributed by atoms with Crippen LogP contribution in [0.1, 0.15) is 27.7 Å². The fraction of sp³-hybridized carbons (Fsp3) is 0.238. The van der Waals surface area contributed by atoms with Crippen LogP contribution in [0.5, 0.6) is 0 Å². The lowest BCUT2D eigenvalue weighted by atomic mass is 10.1.